The van der Waals surface area contributed by atoms with Crippen molar-refractivity contribution in [2.24, 2.45) is 5.92 Å². The summed E-state index contributed by atoms with van der Waals surface area (Å²) in [6, 6.07) is 11.8. The van der Waals surface area contributed by atoms with Crippen LogP contribution in [0.25, 0.3) is 0 Å². The fourth-order valence-electron chi connectivity index (χ4n) is 3.63. The largest absolute Gasteiger partial charge is 0.480 e. The van der Waals surface area contributed by atoms with Crippen LogP contribution in [-0.2, 0) is 4.79 Å². The molecule has 4 nitrogen and oxygen atoms in total. The molecule has 0 heterocycles. The van der Waals surface area contributed by atoms with E-state index < -0.39 is 5.97 Å². The molecule has 0 saturated heterocycles. The van der Waals surface area contributed by atoms with Crippen LogP contribution >= 0.6 is 0 Å². The van der Waals surface area contributed by atoms with Gasteiger partial charge in [0.25, 0.3) is 0 Å². The molecule has 0 spiro atoms. The number of nitrogens with one attached hydrogen (secondary N) is 1. The topological polar surface area (TPSA) is 52.6 Å². The van der Waals surface area contributed by atoms with E-state index in [0.717, 1.165) is 37.8 Å². The third-order valence-corrected chi connectivity index (χ3v) is 5.19. The molecule has 22 heavy (non-hydrogen) atoms. The first kappa shape index (κ1) is 15.5. The number of carboxylic acid groups (broad SMARTS) is 1. The Kier molecular flexibility index (Phi) is 4.79. The van der Waals surface area contributed by atoms with Crippen molar-refractivity contribution < 1.29 is 9.90 Å². The van der Waals surface area contributed by atoms with E-state index >= 15 is 0 Å². The Morgan fingerprint density at radius 1 is 1.27 bits per heavy atom. The summed E-state index contributed by atoms with van der Waals surface area (Å²) >= 11 is 0. The van der Waals surface area contributed by atoms with E-state index in [1.165, 1.54) is 12.0 Å². The van der Waals surface area contributed by atoms with Gasteiger partial charge in [0.05, 0.1) is 6.54 Å². The van der Waals surface area contributed by atoms with Gasteiger partial charge in [-0.1, -0.05) is 37.3 Å². The molecule has 2 saturated carbocycles. The molecule has 2 N–H and O–H groups in total. The van der Waals surface area contributed by atoms with Crippen molar-refractivity contribution in [3.63, 3.8) is 0 Å². The molecule has 0 aliphatic heterocycles. The molecule has 3 rings (SSSR count). The number of rotatable bonds is 8. The summed E-state index contributed by atoms with van der Waals surface area (Å²) in [6.07, 6.45) is 3.47. The van der Waals surface area contributed by atoms with Crippen molar-refractivity contribution in [3.05, 3.63) is 35.9 Å². The van der Waals surface area contributed by atoms with Gasteiger partial charge in [-0.25, -0.2) is 0 Å². The summed E-state index contributed by atoms with van der Waals surface area (Å²) in [7, 11) is 0. The molecule has 1 aromatic rings. The number of benzene rings is 1. The Hall–Kier alpha value is -1.39. The molecule has 4 heteroatoms. The first-order valence-corrected chi connectivity index (χ1v) is 8.41. The van der Waals surface area contributed by atoms with Crippen molar-refractivity contribution >= 4 is 5.97 Å². The molecule has 0 unspecified atom stereocenters. The lowest BCUT2D eigenvalue weighted by Gasteiger charge is -2.42. The smallest absolute Gasteiger partial charge is 0.317 e. The van der Waals surface area contributed by atoms with Crippen LogP contribution in [0.15, 0.2) is 30.3 Å². The van der Waals surface area contributed by atoms with Crippen molar-refractivity contribution in [2.45, 2.75) is 44.2 Å². The highest BCUT2D eigenvalue weighted by Gasteiger charge is 2.40. The highest BCUT2D eigenvalue weighted by Crippen LogP contribution is 2.47. The molecular weight excluding hydrogens is 276 g/mol. The predicted molar refractivity (Wildman–Crippen MR) is 87.0 cm³/mol. The summed E-state index contributed by atoms with van der Waals surface area (Å²) < 4.78 is 0. The fourth-order valence-corrected chi connectivity index (χ4v) is 3.63. The van der Waals surface area contributed by atoms with Crippen molar-refractivity contribution in [1.29, 1.82) is 0 Å². The molecular formula is C18H26N2O2. The maximum absolute atomic E-state index is 10.8. The van der Waals surface area contributed by atoms with Gasteiger partial charge >= 0.3 is 5.97 Å². The second-order valence-electron chi connectivity index (χ2n) is 6.70. The minimum absolute atomic E-state index is 0.173. The highest BCUT2D eigenvalue weighted by atomic mass is 16.4. The van der Waals surface area contributed by atoms with Crippen molar-refractivity contribution in [2.75, 3.05) is 19.6 Å². The molecule has 0 bridgehead atoms. The van der Waals surface area contributed by atoms with Crippen LogP contribution in [0.1, 0.15) is 37.7 Å². The lowest BCUT2D eigenvalue weighted by atomic mass is 9.85. The van der Waals surface area contributed by atoms with Gasteiger partial charge < -0.3 is 10.4 Å². The Bertz CT molecular complexity index is 499. The van der Waals surface area contributed by atoms with Crippen molar-refractivity contribution in [3.8, 4) is 0 Å². The summed E-state index contributed by atoms with van der Waals surface area (Å²) in [6.45, 7) is 4.13. The molecule has 0 amide bonds. The number of carbonyl (C=O) groups is 1. The molecule has 0 aromatic heterocycles. The van der Waals surface area contributed by atoms with E-state index in [1.807, 2.05) is 6.92 Å². The van der Waals surface area contributed by atoms with Gasteiger partial charge in [-0.3, -0.25) is 9.69 Å². The van der Waals surface area contributed by atoms with E-state index in [9.17, 15) is 4.79 Å². The van der Waals surface area contributed by atoms with Crippen molar-refractivity contribution in [1.82, 2.24) is 10.2 Å². The zero-order valence-corrected chi connectivity index (χ0v) is 13.2. The molecule has 2 aliphatic carbocycles. The van der Waals surface area contributed by atoms with Crippen LogP contribution in [0.3, 0.4) is 0 Å². The average molecular weight is 302 g/mol. The van der Waals surface area contributed by atoms with Gasteiger partial charge in [-0.15, -0.1) is 0 Å². The van der Waals surface area contributed by atoms with Crippen LogP contribution in [0.2, 0.25) is 0 Å². The Morgan fingerprint density at radius 3 is 2.64 bits per heavy atom. The summed E-state index contributed by atoms with van der Waals surface area (Å²) in [5, 5.41) is 12.6. The van der Waals surface area contributed by atoms with Crippen LogP contribution in [-0.4, -0.2) is 47.7 Å². The van der Waals surface area contributed by atoms with Gasteiger partial charge in [0.15, 0.2) is 0 Å². The number of hydrogen-bond acceptors (Lipinski definition) is 3. The third-order valence-electron chi connectivity index (χ3n) is 5.19. The maximum atomic E-state index is 10.8. The third kappa shape index (κ3) is 3.68. The predicted octanol–water partition coefficient (Wildman–Crippen LogP) is 2.32. The lowest BCUT2D eigenvalue weighted by molar-refractivity contribution is -0.139. The zero-order valence-electron chi connectivity index (χ0n) is 13.2. The second kappa shape index (κ2) is 6.80. The molecule has 0 radical (unpaired) electrons. The first-order chi connectivity index (χ1) is 10.7. The highest BCUT2D eigenvalue weighted by molar-refractivity contribution is 5.69. The zero-order chi connectivity index (χ0) is 15.5. The molecule has 1 aromatic carbocycles. The fraction of sp³-hybridized carbons (Fsp3) is 0.611. The van der Waals surface area contributed by atoms with E-state index in [4.69, 9.17) is 5.11 Å². The standard InChI is InChI=1S/C18H26N2O2/c1-2-20(12-18(21)22)16-9-15(10-16)19-11-14-8-17(14)13-6-4-3-5-7-13/h3-7,14-17,19H,2,8-12H2,1H3,(H,21,22)/t14-,15?,16?,17-/m0/s1. The maximum Gasteiger partial charge on any atom is 0.317 e. The van der Waals surface area contributed by atoms with Crippen LogP contribution in [0, 0.1) is 5.92 Å². The monoisotopic (exact) mass is 302 g/mol. The van der Waals surface area contributed by atoms with Gasteiger partial charge in [0.2, 0.25) is 0 Å². The van der Waals surface area contributed by atoms with E-state index in [2.05, 4.69) is 40.5 Å². The van der Waals surface area contributed by atoms with Gasteiger partial charge in [-0.2, -0.15) is 0 Å². The van der Waals surface area contributed by atoms with E-state index in [1.54, 1.807) is 0 Å². The van der Waals surface area contributed by atoms with Gasteiger partial charge in [0, 0.05) is 12.1 Å². The summed E-state index contributed by atoms with van der Waals surface area (Å²) in [4.78, 5) is 12.9. The van der Waals surface area contributed by atoms with Crippen LogP contribution in [0.5, 0.6) is 0 Å². The van der Waals surface area contributed by atoms with Crippen LogP contribution < -0.4 is 5.32 Å². The molecule has 2 aliphatic rings. The Labute approximate surface area is 132 Å². The first-order valence-electron chi connectivity index (χ1n) is 8.41. The van der Waals surface area contributed by atoms with E-state index in [-0.39, 0.29) is 6.54 Å². The number of carboxylic acids is 1. The van der Waals surface area contributed by atoms with Gasteiger partial charge in [0.1, 0.15) is 0 Å². The molecule has 2 atom stereocenters. The minimum atomic E-state index is -0.720. The minimum Gasteiger partial charge on any atom is -0.480 e. The summed E-state index contributed by atoms with van der Waals surface area (Å²) in [5.41, 5.74) is 1.47. The number of hydrogen-bond donors (Lipinski definition) is 2. The number of aliphatic carboxylic acids is 1. The van der Waals surface area contributed by atoms with E-state index in [0.29, 0.717) is 12.1 Å². The second-order valence-corrected chi connectivity index (χ2v) is 6.70. The van der Waals surface area contributed by atoms with Gasteiger partial charge in [-0.05, 0) is 49.8 Å². The Morgan fingerprint density at radius 2 is 2.00 bits per heavy atom. The normalized spacial score (nSPS) is 30.1. The molecule has 120 valence electrons. The SMILES string of the molecule is CCN(CC(=O)O)C1CC(NC[C@@H]2C[C@H]2c2ccccc2)C1. The average Bonchev–Trinajstić information content (AvgIpc) is 3.24. The lowest BCUT2D eigenvalue weighted by Crippen LogP contribution is -2.54. The summed E-state index contributed by atoms with van der Waals surface area (Å²) in [5.74, 6) is 0.799. The molecule has 2 fully saturated rings. The van der Waals surface area contributed by atoms with Crippen LogP contribution in [0.4, 0.5) is 0 Å². The number of nitrogens with zero attached hydrogens (tertiary/aromatic N) is 1. The number of likely N-dealkylation sites (N-methyl/N-ethyl adjacent to an activating group) is 1. The Balaban J connectivity index is 1.35. The quantitative estimate of drug-likeness (QED) is 0.774.